The number of hydrogen-bond donors (Lipinski definition) is 0. The minimum atomic E-state index is -0.0773. The van der Waals surface area contributed by atoms with Crippen LogP contribution in [-0.2, 0) is 11.2 Å². The van der Waals surface area contributed by atoms with Gasteiger partial charge in [-0.3, -0.25) is 4.79 Å². The van der Waals surface area contributed by atoms with Gasteiger partial charge >= 0.3 is 5.97 Å². The summed E-state index contributed by atoms with van der Waals surface area (Å²) in [5, 5.41) is 0. The van der Waals surface area contributed by atoms with Gasteiger partial charge in [-0.2, -0.15) is 0 Å². The van der Waals surface area contributed by atoms with E-state index < -0.39 is 0 Å². The summed E-state index contributed by atoms with van der Waals surface area (Å²) in [6.45, 7) is 4.17. The maximum atomic E-state index is 12.2. The Kier molecular flexibility index (Phi) is 6.93. The average Bonchev–Trinajstić information content (AvgIpc) is 2.48. The third-order valence-corrected chi connectivity index (χ3v) is 4.83. The van der Waals surface area contributed by atoms with Gasteiger partial charge in [0.15, 0.2) is 0 Å². The van der Waals surface area contributed by atoms with E-state index in [0.29, 0.717) is 12.3 Å². The van der Waals surface area contributed by atoms with Crippen molar-refractivity contribution in [1.82, 2.24) is 0 Å². The van der Waals surface area contributed by atoms with Crippen molar-refractivity contribution >= 4 is 28.6 Å². The molecule has 22 heavy (non-hydrogen) atoms. The maximum Gasteiger partial charge on any atom is 0.311 e. The summed E-state index contributed by atoms with van der Waals surface area (Å²) in [6, 6.07) is 6.02. The molecular weight excluding hydrogens is 387 g/mol. The SMILES string of the molecule is CC(C)=CCc1cc(I)ccc1OC(=O)CC1CCCCC1. The maximum absolute atomic E-state index is 12.2. The lowest BCUT2D eigenvalue weighted by Crippen LogP contribution is -2.17. The van der Waals surface area contributed by atoms with E-state index in [1.807, 2.05) is 12.1 Å². The zero-order valence-electron chi connectivity index (χ0n) is 13.5. The Hall–Kier alpha value is -0.840. The molecule has 0 amide bonds. The third-order valence-electron chi connectivity index (χ3n) is 4.16. The average molecular weight is 412 g/mol. The Bertz CT molecular complexity index is 538. The highest BCUT2D eigenvalue weighted by Gasteiger charge is 2.19. The van der Waals surface area contributed by atoms with E-state index in [1.54, 1.807) is 0 Å². The zero-order valence-corrected chi connectivity index (χ0v) is 15.7. The monoisotopic (exact) mass is 412 g/mol. The summed E-state index contributed by atoms with van der Waals surface area (Å²) in [5.41, 5.74) is 2.36. The molecule has 0 saturated heterocycles. The van der Waals surface area contributed by atoms with Crippen LogP contribution in [0.5, 0.6) is 5.75 Å². The van der Waals surface area contributed by atoms with Crippen molar-refractivity contribution in [3.8, 4) is 5.75 Å². The van der Waals surface area contributed by atoms with Crippen molar-refractivity contribution in [2.45, 2.75) is 58.8 Å². The summed E-state index contributed by atoms with van der Waals surface area (Å²) >= 11 is 2.30. The van der Waals surface area contributed by atoms with Gasteiger partial charge in [0.25, 0.3) is 0 Å². The first-order valence-corrected chi connectivity index (χ1v) is 9.25. The number of benzene rings is 1. The third kappa shape index (κ3) is 5.75. The molecule has 0 bridgehead atoms. The van der Waals surface area contributed by atoms with Gasteiger partial charge in [0, 0.05) is 9.99 Å². The number of carbonyl (C=O) groups is 1. The lowest BCUT2D eigenvalue weighted by molar-refractivity contribution is -0.135. The van der Waals surface area contributed by atoms with E-state index in [1.165, 1.54) is 41.2 Å². The highest BCUT2D eigenvalue weighted by atomic mass is 127. The zero-order chi connectivity index (χ0) is 15.9. The number of esters is 1. The second kappa shape index (κ2) is 8.70. The van der Waals surface area contributed by atoms with Crippen LogP contribution in [0.4, 0.5) is 0 Å². The molecule has 0 atom stereocenters. The van der Waals surface area contributed by atoms with E-state index in [9.17, 15) is 4.79 Å². The molecule has 0 N–H and O–H groups in total. The fraction of sp³-hybridized carbons (Fsp3) is 0.526. The molecule has 0 aromatic heterocycles. The highest BCUT2D eigenvalue weighted by Crippen LogP contribution is 2.28. The van der Waals surface area contributed by atoms with Gasteiger partial charge in [-0.15, -0.1) is 0 Å². The number of rotatable bonds is 5. The lowest BCUT2D eigenvalue weighted by Gasteiger charge is -2.20. The molecule has 0 heterocycles. The molecule has 0 spiro atoms. The Morgan fingerprint density at radius 2 is 2.00 bits per heavy atom. The molecule has 1 fully saturated rings. The number of ether oxygens (including phenoxy) is 1. The number of halogens is 1. The predicted octanol–water partition coefficient (Wildman–Crippen LogP) is 5.68. The summed E-state index contributed by atoms with van der Waals surface area (Å²) in [6.07, 6.45) is 9.72. The molecule has 0 radical (unpaired) electrons. The number of hydrogen-bond acceptors (Lipinski definition) is 2. The molecule has 0 aliphatic heterocycles. The van der Waals surface area contributed by atoms with Crippen molar-refractivity contribution in [2.75, 3.05) is 0 Å². The number of carbonyl (C=O) groups excluding carboxylic acids is 1. The van der Waals surface area contributed by atoms with Crippen LogP contribution in [0.15, 0.2) is 29.8 Å². The molecule has 1 aromatic rings. The van der Waals surface area contributed by atoms with Gasteiger partial charge in [-0.25, -0.2) is 0 Å². The van der Waals surface area contributed by atoms with Crippen molar-refractivity contribution in [1.29, 1.82) is 0 Å². The van der Waals surface area contributed by atoms with Crippen LogP contribution in [0, 0.1) is 9.49 Å². The van der Waals surface area contributed by atoms with Crippen LogP contribution in [-0.4, -0.2) is 5.97 Å². The smallest absolute Gasteiger partial charge is 0.311 e. The minimum Gasteiger partial charge on any atom is -0.426 e. The van der Waals surface area contributed by atoms with Gasteiger partial charge < -0.3 is 4.74 Å². The molecule has 120 valence electrons. The first-order chi connectivity index (χ1) is 10.5. The predicted molar refractivity (Wildman–Crippen MR) is 99.1 cm³/mol. The molecule has 3 heteroatoms. The van der Waals surface area contributed by atoms with Gasteiger partial charge in [0.2, 0.25) is 0 Å². The second-order valence-electron chi connectivity index (χ2n) is 6.42. The topological polar surface area (TPSA) is 26.3 Å². The Morgan fingerprint density at radius 1 is 1.27 bits per heavy atom. The quantitative estimate of drug-likeness (QED) is 0.269. The standard InChI is InChI=1S/C19H25IO2/c1-14(2)8-9-16-13-17(20)10-11-18(16)22-19(21)12-15-6-4-3-5-7-15/h8,10-11,13,15H,3-7,9,12H2,1-2H3. The minimum absolute atomic E-state index is 0.0773. The second-order valence-corrected chi connectivity index (χ2v) is 7.67. The van der Waals surface area contributed by atoms with Crippen molar-refractivity contribution in [2.24, 2.45) is 5.92 Å². The van der Waals surface area contributed by atoms with Gasteiger partial charge in [-0.1, -0.05) is 30.9 Å². The van der Waals surface area contributed by atoms with E-state index in [-0.39, 0.29) is 5.97 Å². The van der Waals surface area contributed by atoms with Gasteiger partial charge in [0.05, 0.1) is 0 Å². The van der Waals surface area contributed by atoms with Crippen molar-refractivity contribution in [3.63, 3.8) is 0 Å². The summed E-state index contributed by atoms with van der Waals surface area (Å²) in [5.74, 6) is 1.16. The molecule has 1 aliphatic carbocycles. The van der Waals surface area contributed by atoms with Gasteiger partial charge in [0.1, 0.15) is 5.75 Å². The number of allylic oxidation sites excluding steroid dienone is 2. The van der Waals surface area contributed by atoms with Crippen LogP contribution in [0.2, 0.25) is 0 Å². The summed E-state index contributed by atoms with van der Waals surface area (Å²) in [7, 11) is 0. The van der Waals surface area contributed by atoms with Crippen LogP contribution in [0.3, 0.4) is 0 Å². The van der Waals surface area contributed by atoms with E-state index in [4.69, 9.17) is 4.74 Å². The van der Waals surface area contributed by atoms with E-state index in [2.05, 4.69) is 48.6 Å². The van der Waals surface area contributed by atoms with Crippen LogP contribution in [0.1, 0.15) is 57.9 Å². The van der Waals surface area contributed by atoms with Crippen molar-refractivity contribution in [3.05, 3.63) is 39.0 Å². The Labute approximate surface area is 147 Å². The largest absolute Gasteiger partial charge is 0.426 e. The van der Waals surface area contributed by atoms with Crippen molar-refractivity contribution < 1.29 is 9.53 Å². The van der Waals surface area contributed by atoms with Gasteiger partial charge in [-0.05, 0) is 85.4 Å². The molecule has 2 nitrogen and oxygen atoms in total. The molecule has 0 unspecified atom stereocenters. The fourth-order valence-corrected chi connectivity index (χ4v) is 3.47. The van der Waals surface area contributed by atoms with Crippen LogP contribution >= 0.6 is 22.6 Å². The molecule has 1 aliphatic rings. The fourth-order valence-electron chi connectivity index (χ4n) is 2.91. The van der Waals surface area contributed by atoms with E-state index >= 15 is 0 Å². The van der Waals surface area contributed by atoms with Crippen LogP contribution in [0.25, 0.3) is 0 Å². The van der Waals surface area contributed by atoms with Crippen LogP contribution < -0.4 is 4.74 Å². The first kappa shape index (κ1) is 17.5. The Balaban J connectivity index is 2.01. The van der Waals surface area contributed by atoms with E-state index in [0.717, 1.165) is 17.7 Å². The first-order valence-electron chi connectivity index (χ1n) is 8.17. The molecular formula is C19H25IO2. The molecule has 2 rings (SSSR count). The summed E-state index contributed by atoms with van der Waals surface area (Å²) < 4.78 is 6.83. The Morgan fingerprint density at radius 3 is 2.68 bits per heavy atom. The normalized spacial score (nSPS) is 15.4. The summed E-state index contributed by atoms with van der Waals surface area (Å²) in [4.78, 5) is 12.2. The molecule has 1 saturated carbocycles. The lowest BCUT2D eigenvalue weighted by atomic mass is 9.87. The molecule has 1 aromatic carbocycles. The highest BCUT2D eigenvalue weighted by molar-refractivity contribution is 14.1.